The number of ether oxygens (including phenoxy) is 1. The van der Waals surface area contributed by atoms with Crippen LogP contribution in [0.15, 0.2) is 34.2 Å². The van der Waals surface area contributed by atoms with E-state index in [4.69, 9.17) is 14.7 Å². The normalized spacial score (nSPS) is 17.6. The number of nitrogens with zero attached hydrogens (tertiary/aromatic N) is 5. The van der Waals surface area contributed by atoms with Crippen molar-refractivity contribution in [2.24, 2.45) is 4.99 Å². The van der Waals surface area contributed by atoms with Crippen LogP contribution in [0.4, 0.5) is 0 Å². The third-order valence-corrected chi connectivity index (χ3v) is 7.38. The highest BCUT2D eigenvalue weighted by Crippen LogP contribution is 2.27. The summed E-state index contributed by atoms with van der Waals surface area (Å²) in [7, 11) is 0. The van der Waals surface area contributed by atoms with Gasteiger partial charge in [0.25, 0.3) is 5.91 Å². The second-order valence-corrected chi connectivity index (χ2v) is 10.1. The number of amides is 1. The number of thiophene rings is 1. The minimum Gasteiger partial charge on any atom is -0.493 e. The van der Waals surface area contributed by atoms with E-state index in [1.165, 1.54) is 11.3 Å². The molecule has 1 amide bonds. The quantitative estimate of drug-likeness (QED) is 0.263. The molecule has 0 aromatic carbocycles. The number of hydrogen-bond donors (Lipinski definition) is 4. The minimum atomic E-state index is -0.507. The van der Waals surface area contributed by atoms with Crippen LogP contribution in [0, 0.1) is 0 Å². The molecule has 0 spiro atoms. The number of fused-ring (bicyclic) bond motifs is 1. The lowest BCUT2D eigenvalue weighted by Gasteiger charge is -2.26. The second kappa shape index (κ2) is 9.92. The summed E-state index contributed by atoms with van der Waals surface area (Å²) in [4.78, 5) is 42.5. The van der Waals surface area contributed by atoms with Gasteiger partial charge in [-0.15, -0.1) is 11.3 Å². The molecule has 192 valence electrons. The summed E-state index contributed by atoms with van der Waals surface area (Å²) in [5.41, 5.74) is 1.60. The summed E-state index contributed by atoms with van der Waals surface area (Å²) in [6.07, 6.45) is 5.29. The van der Waals surface area contributed by atoms with Gasteiger partial charge in [-0.25, -0.2) is 9.78 Å². The highest BCUT2D eigenvalue weighted by molar-refractivity contribution is 7.17. The first-order valence-electron chi connectivity index (χ1n) is 12.2. The topological polar surface area (TPSA) is 153 Å². The average Bonchev–Trinajstić information content (AvgIpc) is 3.26. The van der Waals surface area contributed by atoms with Gasteiger partial charge in [0.05, 0.1) is 40.9 Å². The van der Waals surface area contributed by atoms with Crippen molar-refractivity contribution < 1.29 is 14.6 Å². The van der Waals surface area contributed by atoms with Crippen molar-refractivity contribution in [2.75, 3.05) is 39.4 Å². The van der Waals surface area contributed by atoms with Gasteiger partial charge in [0.15, 0.2) is 11.1 Å². The first kappa shape index (κ1) is 23.6. The van der Waals surface area contributed by atoms with Crippen molar-refractivity contribution in [1.82, 2.24) is 34.8 Å². The number of morpholine rings is 1. The van der Waals surface area contributed by atoms with Crippen molar-refractivity contribution in [1.29, 1.82) is 0 Å². The molecule has 0 unspecified atom stereocenters. The Morgan fingerprint density at radius 1 is 1.30 bits per heavy atom. The van der Waals surface area contributed by atoms with Crippen LogP contribution in [0.25, 0.3) is 22.3 Å². The maximum atomic E-state index is 12.8. The smallest absolute Gasteiger partial charge is 0.326 e. The van der Waals surface area contributed by atoms with Crippen molar-refractivity contribution in [3.05, 3.63) is 56.2 Å². The number of imidazole rings is 1. The van der Waals surface area contributed by atoms with Gasteiger partial charge in [-0.1, -0.05) is 0 Å². The molecule has 1 aliphatic carbocycles. The summed E-state index contributed by atoms with van der Waals surface area (Å²) in [6, 6.07) is 5.83. The van der Waals surface area contributed by atoms with Crippen LogP contribution in [0.5, 0.6) is 5.88 Å². The van der Waals surface area contributed by atoms with E-state index >= 15 is 0 Å². The van der Waals surface area contributed by atoms with Gasteiger partial charge in [-0.3, -0.25) is 19.7 Å². The number of carbonyl (C=O) groups excluding carboxylic acids is 1. The van der Waals surface area contributed by atoms with Crippen LogP contribution in [-0.2, 0) is 4.74 Å². The molecule has 2 fully saturated rings. The Morgan fingerprint density at radius 3 is 2.89 bits per heavy atom. The van der Waals surface area contributed by atoms with E-state index in [1.807, 2.05) is 12.1 Å². The number of nitrogens with one attached hydrogen (secondary N) is 3. The molecule has 1 saturated carbocycles. The molecule has 1 aliphatic heterocycles. The Balaban J connectivity index is 1.30. The van der Waals surface area contributed by atoms with Gasteiger partial charge in [0.1, 0.15) is 5.69 Å². The lowest BCUT2D eigenvalue weighted by molar-refractivity contribution is 0.0383. The molecule has 0 atom stereocenters. The predicted octanol–water partition coefficient (Wildman–Crippen LogP) is -0.147. The molecular weight excluding hydrogens is 496 g/mol. The van der Waals surface area contributed by atoms with E-state index in [0.29, 0.717) is 33.5 Å². The van der Waals surface area contributed by atoms with E-state index in [1.54, 1.807) is 22.9 Å². The highest BCUT2D eigenvalue weighted by Gasteiger charge is 2.21. The van der Waals surface area contributed by atoms with Crippen LogP contribution < -0.4 is 21.7 Å². The summed E-state index contributed by atoms with van der Waals surface area (Å²) >= 11 is 1.37. The molecule has 37 heavy (non-hydrogen) atoms. The van der Waals surface area contributed by atoms with Crippen LogP contribution >= 0.6 is 11.3 Å². The molecule has 2 aliphatic rings. The first-order valence-corrected chi connectivity index (χ1v) is 13.0. The zero-order valence-corrected chi connectivity index (χ0v) is 20.8. The fraction of sp³-hybridized carbons (Fsp3) is 0.375. The molecule has 5 heterocycles. The van der Waals surface area contributed by atoms with Crippen LogP contribution in [-0.4, -0.2) is 85.9 Å². The lowest BCUT2D eigenvalue weighted by Crippen LogP contribution is -2.41. The van der Waals surface area contributed by atoms with E-state index < -0.39 is 5.69 Å². The Labute approximate surface area is 214 Å². The maximum absolute atomic E-state index is 12.8. The van der Waals surface area contributed by atoms with E-state index in [-0.39, 0.29) is 23.5 Å². The summed E-state index contributed by atoms with van der Waals surface area (Å²) in [6.45, 7) is 4.60. The molecule has 0 radical (unpaired) electrons. The summed E-state index contributed by atoms with van der Waals surface area (Å²) < 4.78 is 7.02. The Hall–Kier alpha value is -3.81. The molecule has 12 nitrogen and oxygen atoms in total. The van der Waals surface area contributed by atoms with Crippen molar-refractivity contribution >= 4 is 29.0 Å². The molecule has 0 bridgehead atoms. The summed E-state index contributed by atoms with van der Waals surface area (Å²) in [5.74, 6) is -0.371. The van der Waals surface area contributed by atoms with Crippen molar-refractivity contribution in [3.63, 3.8) is 0 Å². The van der Waals surface area contributed by atoms with Crippen LogP contribution in [0.3, 0.4) is 0 Å². The Bertz CT molecular complexity index is 1620. The van der Waals surface area contributed by atoms with Crippen LogP contribution in [0.2, 0.25) is 0 Å². The van der Waals surface area contributed by atoms with Crippen molar-refractivity contribution in [2.45, 2.75) is 18.9 Å². The van der Waals surface area contributed by atoms with Gasteiger partial charge < -0.3 is 20.1 Å². The monoisotopic (exact) mass is 522 g/mol. The second-order valence-electron chi connectivity index (χ2n) is 9.05. The van der Waals surface area contributed by atoms with Gasteiger partial charge in [-0.05, 0) is 31.1 Å². The van der Waals surface area contributed by atoms with Crippen molar-refractivity contribution in [3.8, 4) is 16.5 Å². The molecular formula is C24H26N8O4S. The fourth-order valence-corrected chi connectivity index (χ4v) is 5.04. The van der Waals surface area contributed by atoms with Gasteiger partial charge in [0.2, 0.25) is 5.88 Å². The number of hydrogen-bond acceptors (Lipinski definition) is 9. The van der Waals surface area contributed by atoms with Gasteiger partial charge >= 0.3 is 5.69 Å². The van der Waals surface area contributed by atoms with Gasteiger partial charge in [-0.2, -0.15) is 9.61 Å². The fourth-order valence-electron chi connectivity index (χ4n) is 4.16. The SMILES string of the molecule is O=C(NCCN1CCOCC1)c1ccc(-c2cc(=NC3CC3)n3ncc(=Cc4[nH]c(=O)[nH]c4O)c3n2)s1. The third-order valence-electron chi connectivity index (χ3n) is 6.28. The molecule has 4 aromatic heterocycles. The molecule has 4 N–H and O–H groups in total. The zero-order valence-electron chi connectivity index (χ0n) is 19.9. The average molecular weight is 523 g/mol. The first-order chi connectivity index (χ1) is 18.0. The molecule has 6 rings (SSSR count). The maximum Gasteiger partial charge on any atom is 0.326 e. The van der Waals surface area contributed by atoms with E-state index in [0.717, 1.165) is 50.6 Å². The zero-order chi connectivity index (χ0) is 25.4. The highest BCUT2D eigenvalue weighted by atomic mass is 32.1. The molecule has 13 heteroatoms. The Morgan fingerprint density at radius 2 is 2.14 bits per heavy atom. The van der Waals surface area contributed by atoms with Crippen LogP contribution in [0.1, 0.15) is 28.2 Å². The summed E-state index contributed by atoms with van der Waals surface area (Å²) in [5, 5.41) is 18.0. The predicted molar refractivity (Wildman–Crippen MR) is 136 cm³/mol. The number of rotatable bonds is 7. The molecule has 4 aromatic rings. The minimum absolute atomic E-state index is 0.112. The number of aromatic hydroxyl groups is 1. The number of aromatic amines is 2. The Kier molecular flexibility index (Phi) is 6.32. The number of H-pyrrole nitrogens is 2. The molecule has 1 saturated heterocycles. The van der Waals surface area contributed by atoms with E-state index in [2.05, 4.69) is 25.3 Å². The number of carbonyl (C=O) groups is 1. The lowest BCUT2D eigenvalue weighted by atomic mass is 10.3. The van der Waals surface area contributed by atoms with E-state index in [9.17, 15) is 14.7 Å². The third kappa shape index (κ3) is 5.19. The van der Waals surface area contributed by atoms with Gasteiger partial charge in [0, 0.05) is 37.5 Å². The largest absolute Gasteiger partial charge is 0.493 e. The number of aromatic nitrogens is 5. The standard InChI is InChI=1S/C24H26N8O4S/c33-22-17(29-24(35)30-22)11-14-13-26-32-20(27-15-1-2-15)12-16(28-21(14)32)18-3-4-19(37-18)23(34)25-5-6-31-7-9-36-10-8-31/h3-4,11-13,15,33H,1-2,5-10H2,(H,25,34)(H2,29,30,35).